The number of hydrogen-bond donors (Lipinski definition) is 1. The van der Waals surface area contributed by atoms with E-state index in [9.17, 15) is 0 Å². The van der Waals surface area contributed by atoms with Crippen molar-refractivity contribution in [1.29, 1.82) is 0 Å². The van der Waals surface area contributed by atoms with Crippen molar-refractivity contribution in [2.45, 2.75) is 42.3 Å². The first-order valence-electron chi connectivity index (χ1n) is 13.4. The fourth-order valence-electron chi connectivity index (χ4n) is 5.85. The van der Waals surface area contributed by atoms with Gasteiger partial charge in [0.25, 0.3) is 0 Å². The third kappa shape index (κ3) is 5.70. The molecule has 2 fully saturated rings. The minimum Gasteiger partial charge on any atom is -0.452 e. The molecule has 0 aliphatic carbocycles. The van der Waals surface area contributed by atoms with E-state index in [2.05, 4.69) is 46.1 Å². The summed E-state index contributed by atoms with van der Waals surface area (Å²) in [6.07, 6.45) is 3.05. The number of piperidine rings is 1. The monoisotopic (exact) mass is 608 g/mol. The summed E-state index contributed by atoms with van der Waals surface area (Å²) in [5, 5.41) is 6.32. The van der Waals surface area contributed by atoms with Gasteiger partial charge in [-0.15, -0.1) is 0 Å². The van der Waals surface area contributed by atoms with Crippen LogP contribution in [0.3, 0.4) is 0 Å². The van der Waals surface area contributed by atoms with Crippen molar-refractivity contribution in [3.8, 4) is 0 Å². The Labute approximate surface area is 254 Å². The van der Waals surface area contributed by atoms with Crippen LogP contribution in [0.2, 0.25) is 10.0 Å². The van der Waals surface area contributed by atoms with Crippen molar-refractivity contribution in [2.75, 3.05) is 22.9 Å². The Morgan fingerprint density at radius 1 is 0.975 bits per heavy atom. The number of rotatable bonds is 6. The molecule has 0 bridgehead atoms. The van der Waals surface area contributed by atoms with E-state index in [-0.39, 0.29) is 12.1 Å². The Morgan fingerprint density at radius 2 is 1.75 bits per heavy atom. The molecule has 2 aromatic carbocycles. The Morgan fingerprint density at radius 3 is 2.45 bits per heavy atom. The summed E-state index contributed by atoms with van der Waals surface area (Å²) in [6.45, 7) is 6.64. The second-order valence-electron chi connectivity index (χ2n) is 10.7. The van der Waals surface area contributed by atoms with E-state index in [0.29, 0.717) is 22.0 Å². The van der Waals surface area contributed by atoms with Gasteiger partial charge in [0.05, 0.1) is 22.4 Å². The molecule has 0 radical (unpaired) electrons. The summed E-state index contributed by atoms with van der Waals surface area (Å²) in [4.78, 5) is 10.2. The predicted molar refractivity (Wildman–Crippen MR) is 169 cm³/mol. The van der Waals surface area contributed by atoms with Crippen LogP contribution in [0, 0.1) is 11.8 Å². The minimum atomic E-state index is -0.251. The van der Waals surface area contributed by atoms with Crippen LogP contribution in [0.5, 0.6) is 0 Å². The van der Waals surface area contributed by atoms with Crippen LogP contribution in [0.4, 0.5) is 11.4 Å². The lowest BCUT2D eigenvalue weighted by Crippen LogP contribution is -2.38. The number of benzene rings is 2. The van der Waals surface area contributed by atoms with Crippen molar-refractivity contribution in [1.82, 2.24) is 10.3 Å². The van der Waals surface area contributed by atoms with Gasteiger partial charge in [-0.25, -0.2) is 0 Å². The number of nitrogens with zero attached hydrogens (tertiary/aromatic N) is 3. The van der Waals surface area contributed by atoms with Gasteiger partial charge in [0.2, 0.25) is 0 Å². The van der Waals surface area contributed by atoms with E-state index < -0.39 is 0 Å². The van der Waals surface area contributed by atoms with Gasteiger partial charge in [-0.3, -0.25) is 4.98 Å². The largest absolute Gasteiger partial charge is 0.452 e. The highest BCUT2D eigenvalue weighted by Gasteiger charge is 2.43. The van der Waals surface area contributed by atoms with Crippen LogP contribution in [0.15, 0.2) is 93.4 Å². The summed E-state index contributed by atoms with van der Waals surface area (Å²) < 4.78 is 6.45. The molecule has 2 aromatic heterocycles. The number of anilines is 2. The standard InChI is InChI=1S/C31H30Cl2N4OS2/c1-19-15-20(2)18-36(17-19)26-11-8-22(16-24(26)33)37-30(29(35-31(37)39)25-5-3-4-14-34-25)27-12-13-28(38-27)40-23-9-6-21(32)7-10-23/h3-14,16,19-20,29-30H,15,17-18H2,1-2H3,(H,35,39)/t19-,20+,29-,30+/m1/s1. The number of hydrogen-bond acceptors (Lipinski definition) is 5. The number of pyridine rings is 1. The maximum absolute atomic E-state index is 6.96. The van der Waals surface area contributed by atoms with Crippen molar-refractivity contribution in [2.24, 2.45) is 11.8 Å². The van der Waals surface area contributed by atoms with Crippen LogP contribution in [0.25, 0.3) is 0 Å². The van der Waals surface area contributed by atoms with Crippen LogP contribution < -0.4 is 15.1 Å². The molecule has 2 saturated heterocycles. The molecule has 0 amide bonds. The maximum atomic E-state index is 6.96. The number of halogens is 2. The summed E-state index contributed by atoms with van der Waals surface area (Å²) >= 11 is 20.5. The van der Waals surface area contributed by atoms with Gasteiger partial charge in [0.1, 0.15) is 11.8 Å². The first-order chi connectivity index (χ1) is 19.4. The lowest BCUT2D eigenvalue weighted by Gasteiger charge is -2.37. The zero-order valence-electron chi connectivity index (χ0n) is 22.3. The average molecular weight is 610 g/mol. The topological polar surface area (TPSA) is 44.5 Å². The predicted octanol–water partition coefficient (Wildman–Crippen LogP) is 8.79. The number of thiocarbonyl (C=S) groups is 1. The smallest absolute Gasteiger partial charge is 0.174 e. The van der Waals surface area contributed by atoms with Crippen LogP contribution in [-0.2, 0) is 0 Å². The third-order valence-electron chi connectivity index (χ3n) is 7.44. The summed E-state index contributed by atoms with van der Waals surface area (Å²) in [6, 6.07) is 23.5. The Kier molecular flexibility index (Phi) is 8.00. The minimum absolute atomic E-state index is 0.199. The zero-order chi connectivity index (χ0) is 27.8. The molecular weight excluding hydrogens is 579 g/mol. The molecule has 4 aromatic rings. The highest BCUT2D eigenvalue weighted by Crippen LogP contribution is 2.45. The second kappa shape index (κ2) is 11.6. The highest BCUT2D eigenvalue weighted by atomic mass is 35.5. The number of nitrogens with one attached hydrogen (secondary N) is 1. The molecule has 1 N–H and O–H groups in total. The van der Waals surface area contributed by atoms with Gasteiger partial charge in [0, 0.05) is 34.9 Å². The highest BCUT2D eigenvalue weighted by molar-refractivity contribution is 7.99. The quantitative estimate of drug-likeness (QED) is 0.219. The van der Waals surface area contributed by atoms with Crippen molar-refractivity contribution >= 4 is 63.7 Å². The maximum Gasteiger partial charge on any atom is 0.174 e. The fourth-order valence-corrected chi connectivity index (χ4v) is 7.40. The van der Waals surface area contributed by atoms with Gasteiger partial charge >= 0.3 is 0 Å². The SMILES string of the molecule is C[C@@H]1C[C@H](C)CN(c2ccc(N3C(=S)N[C@H](c4ccccn4)[C@@H]3c3ccc(Sc4ccc(Cl)cc4)o3)cc2Cl)C1. The van der Waals surface area contributed by atoms with Crippen LogP contribution >= 0.6 is 47.2 Å². The van der Waals surface area contributed by atoms with Crippen LogP contribution in [0.1, 0.15) is 43.8 Å². The van der Waals surface area contributed by atoms with Crippen molar-refractivity contribution in [3.05, 3.63) is 100 Å². The van der Waals surface area contributed by atoms with Gasteiger partial charge in [-0.05, 0) is 97.2 Å². The van der Waals surface area contributed by atoms with Crippen molar-refractivity contribution < 1.29 is 4.42 Å². The second-order valence-corrected chi connectivity index (χ2v) is 13.0. The molecule has 2 aliphatic rings. The van der Waals surface area contributed by atoms with Crippen LogP contribution in [-0.4, -0.2) is 23.2 Å². The molecule has 0 unspecified atom stereocenters. The summed E-state index contributed by atoms with van der Waals surface area (Å²) in [5.74, 6) is 2.06. The molecule has 206 valence electrons. The first-order valence-corrected chi connectivity index (χ1v) is 15.4. The van der Waals surface area contributed by atoms with Gasteiger partial charge in [-0.2, -0.15) is 0 Å². The molecule has 2 aliphatic heterocycles. The Bertz CT molecular complexity index is 1490. The lowest BCUT2D eigenvalue weighted by molar-refractivity contribution is 0.357. The first kappa shape index (κ1) is 27.5. The van der Waals surface area contributed by atoms with E-state index in [1.54, 1.807) is 18.0 Å². The molecule has 9 heteroatoms. The Hall–Kier alpha value is -2.71. The Balaban J connectivity index is 1.34. The van der Waals surface area contributed by atoms with Gasteiger partial charge in [0.15, 0.2) is 10.2 Å². The van der Waals surface area contributed by atoms with Gasteiger partial charge in [-0.1, -0.05) is 54.9 Å². The fraction of sp³-hybridized carbons (Fsp3) is 0.290. The van der Waals surface area contributed by atoms with E-state index in [0.717, 1.165) is 50.9 Å². The summed E-state index contributed by atoms with van der Waals surface area (Å²) in [7, 11) is 0. The normalized spacial score (nSPS) is 22.9. The summed E-state index contributed by atoms with van der Waals surface area (Å²) in [5.41, 5.74) is 2.87. The average Bonchev–Trinajstić information content (AvgIpc) is 3.53. The van der Waals surface area contributed by atoms with E-state index in [1.807, 2.05) is 60.7 Å². The molecule has 6 rings (SSSR count). The third-order valence-corrected chi connectivity index (χ3v) is 9.24. The molecule has 4 atom stereocenters. The zero-order valence-corrected chi connectivity index (χ0v) is 25.4. The molecule has 40 heavy (non-hydrogen) atoms. The van der Waals surface area contributed by atoms with E-state index in [1.165, 1.54) is 6.42 Å². The van der Waals surface area contributed by atoms with E-state index in [4.69, 9.17) is 39.8 Å². The molecule has 0 saturated carbocycles. The molecular formula is C31H30Cl2N4OS2. The number of aromatic nitrogens is 1. The number of furan rings is 1. The van der Waals surface area contributed by atoms with E-state index >= 15 is 0 Å². The van der Waals surface area contributed by atoms with Gasteiger partial charge < -0.3 is 19.5 Å². The molecule has 5 nitrogen and oxygen atoms in total. The molecule has 0 spiro atoms. The lowest BCUT2D eigenvalue weighted by atomic mass is 9.91. The van der Waals surface area contributed by atoms with Crippen molar-refractivity contribution in [3.63, 3.8) is 0 Å². The molecule has 4 heterocycles.